The molecule has 1 aliphatic rings. The fraction of sp³-hybridized carbons (Fsp3) is 0.471. The predicted octanol–water partition coefficient (Wildman–Crippen LogP) is 1.05. The van der Waals surface area contributed by atoms with Crippen molar-refractivity contribution in [1.29, 1.82) is 0 Å². The lowest BCUT2D eigenvalue weighted by Gasteiger charge is -2.35. The summed E-state index contributed by atoms with van der Waals surface area (Å²) in [6.07, 6.45) is 0.419. The highest BCUT2D eigenvalue weighted by molar-refractivity contribution is 5.86. The lowest BCUT2D eigenvalue weighted by Crippen LogP contribution is -2.48. The molecule has 2 rings (SSSR count). The molecule has 1 aliphatic heterocycles. The van der Waals surface area contributed by atoms with Crippen LogP contribution in [0.3, 0.4) is 0 Å². The van der Waals surface area contributed by atoms with Gasteiger partial charge in [-0.3, -0.25) is 14.4 Å². The van der Waals surface area contributed by atoms with Crippen LogP contribution in [-0.4, -0.2) is 47.4 Å². The van der Waals surface area contributed by atoms with Crippen LogP contribution in [0.4, 0.5) is 4.39 Å². The van der Waals surface area contributed by atoms with Crippen LogP contribution in [0.2, 0.25) is 0 Å². The van der Waals surface area contributed by atoms with Gasteiger partial charge in [-0.25, -0.2) is 4.39 Å². The van der Waals surface area contributed by atoms with Gasteiger partial charge in [0.15, 0.2) is 0 Å². The summed E-state index contributed by atoms with van der Waals surface area (Å²) in [6, 6.07) is 5.74. The average Bonchev–Trinajstić information content (AvgIpc) is 2.52. The highest BCUT2D eigenvalue weighted by Crippen LogP contribution is 2.23. The average molecular weight is 336 g/mol. The van der Waals surface area contributed by atoms with Crippen molar-refractivity contribution >= 4 is 17.8 Å². The summed E-state index contributed by atoms with van der Waals surface area (Å²) in [6.45, 7) is 2.41. The van der Waals surface area contributed by atoms with E-state index in [9.17, 15) is 18.8 Å². The maximum absolute atomic E-state index is 13.1. The molecule has 0 radical (unpaired) electrons. The number of carbonyl (C=O) groups excluding carboxylic acids is 2. The van der Waals surface area contributed by atoms with E-state index in [0.717, 1.165) is 0 Å². The lowest BCUT2D eigenvalue weighted by atomic mass is 9.87. The molecule has 2 unspecified atom stereocenters. The molecule has 0 saturated carbocycles. The molecule has 1 aromatic rings. The number of carboxylic acid groups (broad SMARTS) is 1. The zero-order valence-corrected chi connectivity index (χ0v) is 13.5. The van der Waals surface area contributed by atoms with Crippen molar-refractivity contribution in [2.24, 2.45) is 11.8 Å². The fourth-order valence-corrected chi connectivity index (χ4v) is 2.92. The van der Waals surface area contributed by atoms with Gasteiger partial charge in [0.05, 0.1) is 18.9 Å². The summed E-state index contributed by atoms with van der Waals surface area (Å²) in [4.78, 5) is 36.6. The van der Waals surface area contributed by atoms with Crippen LogP contribution >= 0.6 is 0 Å². The number of halogens is 1. The summed E-state index contributed by atoms with van der Waals surface area (Å²) in [5.74, 6) is -2.40. The number of nitrogens with zero attached hydrogens (tertiary/aromatic N) is 1. The van der Waals surface area contributed by atoms with E-state index in [-0.39, 0.29) is 30.7 Å². The number of benzene rings is 1. The van der Waals surface area contributed by atoms with Gasteiger partial charge >= 0.3 is 5.97 Å². The van der Waals surface area contributed by atoms with Gasteiger partial charge in [-0.1, -0.05) is 19.1 Å². The predicted molar refractivity (Wildman–Crippen MR) is 84.6 cm³/mol. The molecule has 1 fully saturated rings. The Kier molecular flexibility index (Phi) is 5.89. The van der Waals surface area contributed by atoms with Gasteiger partial charge in [0.1, 0.15) is 5.82 Å². The molecule has 7 heteroatoms. The summed E-state index contributed by atoms with van der Waals surface area (Å²) in [5.41, 5.74) is 0.538. The quantitative estimate of drug-likeness (QED) is 0.842. The molecule has 130 valence electrons. The largest absolute Gasteiger partial charge is 0.481 e. The maximum Gasteiger partial charge on any atom is 0.306 e. The number of carbonyl (C=O) groups is 3. The highest BCUT2D eigenvalue weighted by atomic mass is 19.1. The van der Waals surface area contributed by atoms with Gasteiger partial charge < -0.3 is 15.3 Å². The Balaban J connectivity index is 1.79. The summed E-state index contributed by atoms with van der Waals surface area (Å²) < 4.78 is 13.1. The number of amides is 2. The maximum atomic E-state index is 13.1. The summed E-state index contributed by atoms with van der Waals surface area (Å²) in [5, 5.41) is 11.6. The first kappa shape index (κ1) is 17.9. The van der Waals surface area contributed by atoms with Crippen LogP contribution in [0.15, 0.2) is 24.3 Å². The zero-order valence-electron chi connectivity index (χ0n) is 13.5. The molecule has 0 bridgehead atoms. The van der Waals surface area contributed by atoms with Crippen LogP contribution < -0.4 is 5.32 Å². The van der Waals surface area contributed by atoms with E-state index < -0.39 is 17.7 Å². The third kappa shape index (κ3) is 4.78. The molecular weight excluding hydrogens is 315 g/mol. The van der Waals surface area contributed by atoms with Gasteiger partial charge in [0.25, 0.3) is 0 Å². The number of rotatable bonds is 5. The normalized spacial score (nSPS) is 20.5. The first-order valence-electron chi connectivity index (χ1n) is 7.88. The van der Waals surface area contributed by atoms with E-state index in [1.807, 2.05) is 0 Å². The topological polar surface area (TPSA) is 86.7 Å². The lowest BCUT2D eigenvalue weighted by molar-refractivity contribution is -0.148. The number of nitrogens with one attached hydrogen (secondary N) is 1. The van der Waals surface area contributed by atoms with E-state index in [4.69, 9.17) is 5.11 Å². The molecule has 2 atom stereocenters. The third-order valence-corrected chi connectivity index (χ3v) is 4.27. The molecule has 0 aromatic heterocycles. The van der Waals surface area contributed by atoms with Crippen LogP contribution in [-0.2, 0) is 20.8 Å². The number of aliphatic carboxylic acids is 1. The fourth-order valence-electron chi connectivity index (χ4n) is 2.92. The van der Waals surface area contributed by atoms with Crippen molar-refractivity contribution in [3.63, 3.8) is 0 Å². The monoisotopic (exact) mass is 336 g/mol. The van der Waals surface area contributed by atoms with Crippen LogP contribution in [0.5, 0.6) is 0 Å². The number of likely N-dealkylation sites (tertiary alicyclic amines) is 1. The van der Waals surface area contributed by atoms with E-state index in [0.29, 0.717) is 25.1 Å². The molecule has 6 nitrogen and oxygen atoms in total. The Morgan fingerprint density at radius 1 is 1.38 bits per heavy atom. The Hall–Kier alpha value is -2.44. The Morgan fingerprint density at radius 3 is 2.75 bits per heavy atom. The molecule has 24 heavy (non-hydrogen) atoms. The molecule has 1 saturated heterocycles. The van der Waals surface area contributed by atoms with Gasteiger partial charge in [-0.15, -0.1) is 0 Å². The van der Waals surface area contributed by atoms with E-state index >= 15 is 0 Å². The van der Waals surface area contributed by atoms with E-state index in [2.05, 4.69) is 5.32 Å². The van der Waals surface area contributed by atoms with E-state index in [1.165, 1.54) is 18.2 Å². The number of carboxylic acids is 1. The smallest absolute Gasteiger partial charge is 0.306 e. The van der Waals surface area contributed by atoms with E-state index in [1.54, 1.807) is 17.9 Å². The van der Waals surface area contributed by atoms with Gasteiger partial charge in [-0.05, 0) is 30.0 Å². The molecule has 2 amide bonds. The minimum absolute atomic E-state index is 0.00251. The van der Waals surface area contributed by atoms with Crippen molar-refractivity contribution < 1.29 is 23.9 Å². The second-order valence-corrected chi connectivity index (χ2v) is 6.13. The number of hydrogen-bond acceptors (Lipinski definition) is 3. The molecule has 2 N–H and O–H groups in total. The molecular formula is C17H21FN2O4. The van der Waals surface area contributed by atoms with Crippen LogP contribution in [0, 0.1) is 17.7 Å². The van der Waals surface area contributed by atoms with Crippen molar-refractivity contribution in [1.82, 2.24) is 10.2 Å². The molecule has 1 aromatic carbocycles. The number of piperidine rings is 1. The van der Waals surface area contributed by atoms with Crippen molar-refractivity contribution in [3.05, 3.63) is 35.6 Å². The molecule has 0 aliphatic carbocycles. The first-order chi connectivity index (χ1) is 11.4. The van der Waals surface area contributed by atoms with Gasteiger partial charge in [0, 0.05) is 13.1 Å². The van der Waals surface area contributed by atoms with Gasteiger partial charge in [0.2, 0.25) is 11.8 Å². The molecule has 0 spiro atoms. The minimum atomic E-state index is -0.835. The Bertz CT molecular complexity index is 635. The second-order valence-electron chi connectivity index (χ2n) is 6.13. The summed E-state index contributed by atoms with van der Waals surface area (Å²) >= 11 is 0. The van der Waals surface area contributed by atoms with Crippen LogP contribution in [0.1, 0.15) is 18.9 Å². The first-order valence-corrected chi connectivity index (χ1v) is 7.88. The third-order valence-electron chi connectivity index (χ3n) is 4.27. The Labute approximate surface area is 139 Å². The number of hydrogen-bond donors (Lipinski definition) is 2. The highest BCUT2D eigenvalue weighted by Gasteiger charge is 2.32. The summed E-state index contributed by atoms with van der Waals surface area (Å²) in [7, 11) is 0. The Morgan fingerprint density at radius 2 is 2.12 bits per heavy atom. The van der Waals surface area contributed by atoms with Crippen LogP contribution in [0.25, 0.3) is 0 Å². The van der Waals surface area contributed by atoms with Crippen molar-refractivity contribution in [2.75, 3.05) is 19.6 Å². The molecule has 1 heterocycles. The second kappa shape index (κ2) is 7.90. The zero-order chi connectivity index (χ0) is 17.7. The minimum Gasteiger partial charge on any atom is -0.481 e. The SMILES string of the molecule is CC1CN(C(=O)CNC(=O)Cc2cccc(F)c2)CCC1C(=O)O. The van der Waals surface area contributed by atoms with Crippen molar-refractivity contribution in [2.45, 2.75) is 19.8 Å². The van der Waals surface area contributed by atoms with Crippen molar-refractivity contribution in [3.8, 4) is 0 Å². The van der Waals surface area contributed by atoms with Gasteiger partial charge in [-0.2, -0.15) is 0 Å². The standard InChI is InChI=1S/C17H21FN2O4/c1-11-10-20(6-5-14(11)17(23)24)16(22)9-19-15(21)8-12-3-2-4-13(18)7-12/h2-4,7,11,14H,5-6,8-10H2,1H3,(H,19,21)(H,23,24).